The van der Waals surface area contributed by atoms with Crippen LogP contribution in [0.2, 0.25) is 5.02 Å². The average molecular weight is 380 g/mol. The van der Waals surface area contributed by atoms with E-state index >= 15 is 0 Å². The third-order valence-corrected chi connectivity index (χ3v) is 4.05. The molecule has 2 rings (SSSR count). The molecule has 0 fully saturated rings. The molecule has 0 atom stereocenters. The monoisotopic (exact) mass is 379 g/mol. The van der Waals surface area contributed by atoms with Gasteiger partial charge in [0, 0.05) is 16.0 Å². The van der Waals surface area contributed by atoms with Crippen LogP contribution >= 0.6 is 23.4 Å². The molecule has 130 valence electrons. The molecule has 0 saturated carbocycles. The highest BCUT2D eigenvalue weighted by Gasteiger charge is 2.09. The number of esters is 1. The summed E-state index contributed by atoms with van der Waals surface area (Å²) in [6.07, 6.45) is 4.78. The van der Waals surface area contributed by atoms with Crippen LogP contribution in [0.1, 0.15) is 5.56 Å². The van der Waals surface area contributed by atoms with Gasteiger partial charge in [0.15, 0.2) is 6.61 Å². The van der Waals surface area contributed by atoms with Crippen LogP contribution in [0.3, 0.4) is 0 Å². The second kappa shape index (κ2) is 9.25. The molecule has 0 saturated heterocycles. The molecule has 0 aliphatic carbocycles. The number of thioether (sulfide) groups is 1. The Hall–Kier alpha value is -2.31. The highest BCUT2D eigenvalue weighted by molar-refractivity contribution is 7.98. The number of hydrogen-bond acceptors (Lipinski definition) is 4. The van der Waals surface area contributed by atoms with E-state index in [1.807, 2.05) is 30.5 Å². The number of carbonyl (C=O) groups excluding carboxylic acids is 2. The summed E-state index contributed by atoms with van der Waals surface area (Å²) < 4.78 is 18.3. The average Bonchev–Trinajstić information content (AvgIpc) is 2.61. The van der Waals surface area contributed by atoms with Gasteiger partial charge in [0.25, 0.3) is 5.91 Å². The number of ether oxygens (including phenoxy) is 1. The number of hydrogen-bond donors (Lipinski definition) is 1. The number of rotatable bonds is 6. The van der Waals surface area contributed by atoms with Crippen LogP contribution in [-0.4, -0.2) is 24.7 Å². The van der Waals surface area contributed by atoms with E-state index in [2.05, 4.69) is 5.32 Å². The second-order valence-electron chi connectivity index (χ2n) is 4.89. The first-order valence-corrected chi connectivity index (χ1v) is 8.82. The molecule has 0 spiro atoms. The van der Waals surface area contributed by atoms with E-state index in [9.17, 15) is 14.0 Å². The highest BCUT2D eigenvalue weighted by Crippen LogP contribution is 2.19. The fourth-order valence-corrected chi connectivity index (χ4v) is 2.42. The number of benzene rings is 2. The molecule has 2 aromatic rings. The van der Waals surface area contributed by atoms with Gasteiger partial charge in [0.1, 0.15) is 5.82 Å². The first kappa shape index (κ1) is 19.0. The van der Waals surface area contributed by atoms with Crippen molar-refractivity contribution >= 4 is 47.0 Å². The minimum absolute atomic E-state index is 0.0713. The van der Waals surface area contributed by atoms with Crippen molar-refractivity contribution in [3.8, 4) is 0 Å². The Morgan fingerprint density at radius 3 is 2.64 bits per heavy atom. The first-order valence-electron chi connectivity index (χ1n) is 7.22. The summed E-state index contributed by atoms with van der Waals surface area (Å²) in [7, 11) is 0. The molecular weight excluding hydrogens is 365 g/mol. The van der Waals surface area contributed by atoms with Gasteiger partial charge in [0.05, 0.1) is 5.69 Å². The molecule has 4 nitrogen and oxygen atoms in total. The normalized spacial score (nSPS) is 10.7. The van der Waals surface area contributed by atoms with E-state index in [0.29, 0.717) is 0 Å². The Morgan fingerprint density at radius 2 is 1.96 bits per heavy atom. The Kier molecular flexibility index (Phi) is 7.03. The topological polar surface area (TPSA) is 55.4 Å². The zero-order valence-electron chi connectivity index (χ0n) is 13.3. The Bertz CT molecular complexity index is 793. The van der Waals surface area contributed by atoms with Crippen molar-refractivity contribution < 1.29 is 18.7 Å². The first-order chi connectivity index (χ1) is 12.0. The molecule has 0 radical (unpaired) electrons. The van der Waals surface area contributed by atoms with Gasteiger partial charge in [-0.1, -0.05) is 23.7 Å². The molecule has 25 heavy (non-hydrogen) atoms. The van der Waals surface area contributed by atoms with Crippen molar-refractivity contribution in [2.45, 2.75) is 4.90 Å². The Morgan fingerprint density at radius 1 is 1.24 bits per heavy atom. The zero-order chi connectivity index (χ0) is 18.2. The zero-order valence-corrected chi connectivity index (χ0v) is 14.9. The van der Waals surface area contributed by atoms with Crippen LogP contribution in [-0.2, 0) is 14.3 Å². The number of amides is 1. The van der Waals surface area contributed by atoms with Gasteiger partial charge in [-0.25, -0.2) is 9.18 Å². The summed E-state index contributed by atoms with van der Waals surface area (Å²) >= 11 is 7.35. The van der Waals surface area contributed by atoms with E-state index in [1.54, 1.807) is 17.8 Å². The predicted molar refractivity (Wildman–Crippen MR) is 98.3 cm³/mol. The molecule has 0 aliphatic rings. The molecule has 2 aromatic carbocycles. The molecule has 0 bridgehead atoms. The van der Waals surface area contributed by atoms with Crippen molar-refractivity contribution in [1.82, 2.24) is 0 Å². The predicted octanol–water partition coefficient (Wildman–Crippen LogP) is 4.40. The van der Waals surface area contributed by atoms with E-state index in [0.717, 1.165) is 16.5 Å². The van der Waals surface area contributed by atoms with Crippen molar-refractivity contribution in [2.24, 2.45) is 0 Å². The summed E-state index contributed by atoms with van der Waals surface area (Å²) in [5, 5.41) is 2.57. The van der Waals surface area contributed by atoms with Gasteiger partial charge < -0.3 is 10.1 Å². The summed E-state index contributed by atoms with van der Waals surface area (Å²) in [5.41, 5.74) is 0.762. The Balaban J connectivity index is 1.83. The number of nitrogens with one attached hydrogen (secondary N) is 1. The van der Waals surface area contributed by atoms with Crippen molar-refractivity contribution in [3.63, 3.8) is 0 Å². The minimum atomic E-state index is -0.671. The van der Waals surface area contributed by atoms with Crippen LogP contribution in [0.5, 0.6) is 0 Å². The van der Waals surface area contributed by atoms with Crippen LogP contribution in [0.15, 0.2) is 53.4 Å². The van der Waals surface area contributed by atoms with E-state index in [-0.39, 0.29) is 10.7 Å². The third-order valence-electron chi connectivity index (χ3n) is 3.08. The lowest BCUT2D eigenvalue weighted by molar-refractivity contribution is -0.142. The largest absolute Gasteiger partial charge is 0.452 e. The highest BCUT2D eigenvalue weighted by atomic mass is 35.5. The quantitative estimate of drug-likeness (QED) is 0.459. The van der Waals surface area contributed by atoms with E-state index < -0.39 is 24.3 Å². The van der Waals surface area contributed by atoms with Crippen LogP contribution in [0.25, 0.3) is 6.08 Å². The van der Waals surface area contributed by atoms with E-state index in [4.69, 9.17) is 16.3 Å². The van der Waals surface area contributed by atoms with Gasteiger partial charge in [-0.2, -0.15) is 0 Å². The summed E-state index contributed by atoms with van der Waals surface area (Å²) in [4.78, 5) is 24.4. The van der Waals surface area contributed by atoms with Crippen molar-refractivity contribution in [3.05, 3.63) is 64.9 Å². The molecule has 0 heterocycles. The molecule has 0 unspecified atom stereocenters. The number of carbonyl (C=O) groups is 2. The summed E-state index contributed by atoms with van der Waals surface area (Å²) in [5.74, 6) is -1.96. The SMILES string of the molecule is CSc1ccc(/C=C/C(=O)OCC(=O)Nc2cc(Cl)ccc2F)cc1. The molecule has 1 N–H and O–H groups in total. The van der Waals surface area contributed by atoms with Gasteiger partial charge in [-0.15, -0.1) is 11.8 Å². The molecule has 0 aliphatic heterocycles. The summed E-state index contributed by atoms with van der Waals surface area (Å²) in [6, 6.07) is 11.4. The lowest BCUT2D eigenvalue weighted by Crippen LogP contribution is -2.20. The van der Waals surface area contributed by atoms with E-state index in [1.165, 1.54) is 18.2 Å². The van der Waals surface area contributed by atoms with Gasteiger partial charge in [0.2, 0.25) is 0 Å². The van der Waals surface area contributed by atoms with Crippen LogP contribution in [0.4, 0.5) is 10.1 Å². The lowest BCUT2D eigenvalue weighted by Gasteiger charge is -2.06. The molecule has 1 amide bonds. The summed E-state index contributed by atoms with van der Waals surface area (Å²) in [6.45, 7) is -0.527. The van der Waals surface area contributed by atoms with Crippen molar-refractivity contribution in [2.75, 3.05) is 18.2 Å². The van der Waals surface area contributed by atoms with Gasteiger partial charge >= 0.3 is 5.97 Å². The maximum atomic E-state index is 13.5. The maximum Gasteiger partial charge on any atom is 0.331 e. The standard InChI is InChI=1S/C18H15ClFNO3S/c1-25-14-6-2-12(3-7-14)4-9-18(23)24-11-17(22)21-16-10-13(19)5-8-15(16)20/h2-10H,11H2,1H3,(H,21,22)/b9-4+. The second-order valence-corrected chi connectivity index (χ2v) is 6.20. The Labute approximate surface area is 154 Å². The van der Waals surface area contributed by atoms with Crippen molar-refractivity contribution in [1.29, 1.82) is 0 Å². The maximum absolute atomic E-state index is 13.5. The smallest absolute Gasteiger partial charge is 0.331 e. The molecule has 0 aromatic heterocycles. The van der Waals surface area contributed by atoms with Gasteiger partial charge in [-0.05, 0) is 48.2 Å². The van der Waals surface area contributed by atoms with Crippen LogP contribution in [0, 0.1) is 5.82 Å². The molecular formula is C18H15ClFNO3S. The number of anilines is 1. The fraction of sp³-hybridized carbons (Fsp3) is 0.111. The third kappa shape index (κ3) is 6.25. The van der Waals surface area contributed by atoms with Crippen LogP contribution < -0.4 is 5.32 Å². The minimum Gasteiger partial charge on any atom is -0.452 e. The fourth-order valence-electron chi connectivity index (χ4n) is 1.84. The lowest BCUT2D eigenvalue weighted by atomic mass is 10.2. The molecule has 7 heteroatoms. The number of halogens is 2. The van der Waals surface area contributed by atoms with Gasteiger partial charge in [-0.3, -0.25) is 4.79 Å².